The lowest BCUT2D eigenvalue weighted by molar-refractivity contribution is 0.457. The summed E-state index contributed by atoms with van der Waals surface area (Å²) in [5.41, 5.74) is 10.3. The second kappa shape index (κ2) is 4.27. The van der Waals surface area contributed by atoms with Gasteiger partial charge in [0.15, 0.2) is 0 Å². The molecule has 0 amide bonds. The normalized spacial score (nSPS) is 20.9. The Bertz CT molecular complexity index is 432. The quantitative estimate of drug-likeness (QED) is 0.800. The van der Waals surface area contributed by atoms with Gasteiger partial charge in [-0.1, -0.05) is 45.4 Å². The lowest BCUT2D eigenvalue weighted by Gasteiger charge is -2.09. The Morgan fingerprint density at radius 1 is 1.17 bits per heavy atom. The van der Waals surface area contributed by atoms with E-state index in [1.165, 1.54) is 11.1 Å². The van der Waals surface area contributed by atoms with Crippen molar-refractivity contribution in [3.05, 3.63) is 29.3 Å². The first-order valence-electron chi connectivity index (χ1n) is 6.82. The fourth-order valence-electron chi connectivity index (χ4n) is 3.08. The van der Waals surface area contributed by atoms with E-state index in [4.69, 9.17) is 5.73 Å². The molecule has 0 heterocycles. The van der Waals surface area contributed by atoms with Crippen LogP contribution in [0.2, 0.25) is 0 Å². The Morgan fingerprint density at radius 3 is 2.33 bits per heavy atom. The maximum atomic E-state index is 5.99. The Kier molecular flexibility index (Phi) is 3.18. The van der Waals surface area contributed by atoms with Crippen LogP contribution in [0.4, 0.5) is 5.69 Å². The third kappa shape index (κ3) is 2.14. The van der Waals surface area contributed by atoms with Crippen LogP contribution in [0.1, 0.15) is 38.8 Å². The lowest BCUT2D eigenvalue weighted by atomic mass is 10.0. The summed E-state index contributed by atoms with van der Waals surface area (Å²) in [6, 6.07) is 6.23. The zero-order chi connectivity index (χ0) is 13.6. The Labute approximate surface area is 111 Å². The monoisotopic (exact) mass is 246 g/mol. The second-order valence-corrected chi connectivity index (χ2v) is 6.83. The average Bonchev–Trinajstić information content (AvgIpc) is 2.65. The SMILES string of the molecule is Cc1ccc(N)c(CNCC2C(C)(C)C2(C)C)c1. The highest BCUT2D eigenvalue weighted by Gasteiger charge is 2.63. The maximum absolute atomic E-state index is 5.99. The zero-order valence-electron chi connectivity index (χ0n) is 12.3. The van der Waals surface area contributed by atoms with E-state index in [-0.39, 0.29) is 0 Å². The minimum Gasteiger partial charge on any atom is -0.398 e. The molecule has 2 nitrogen and oxygen atoms in total. The van der Waals surface area contributed by atoms with Crippen molar-refractivity contribution in [1.82, 2.24) is 5.32 Å². The van der Waals surface area contributed by atoms with Gasteiger partial charge in [-0.15, -0.1) is 0 Å². The lowest BCUT2D eigenvalue weighted by Crippen LogP contribution is -2.19. The molecular weight excluding hydrogens is 220 g/mol. The summed E-state index contributed by atoms with van der Waals surface area (Å²) in [5.74, 6) is 0.760. The molecule has 1 fully saturated rings. The van der Waals surface area contributed by atoms with Crippen LogP contribution in [0, 0.1) is 23.7 Å². The van der Waals surface area contributed by atoms with E-state index in [2.05, 4.69) is 52.1 Å². The van der Waals surface area contributed by atoms with E-state index >= 15 is 0 Å². The van der Waals surface area contributed by atoms with Gasteiger partial charge in [-0.25, -0.2) is 0 Å². The molecule has 2 heteroatoms. The Hall–Kier alpha value is -1.02. The Morgan fingerprint density at radius 2 is 1.78 bits per heavy atom. The van der Waals surface area contributed by atoms with Crippen molar-refractivity contribution in [2.75, 3.05) is 12.3 Å². The summed E-state index contributed by atoms with van der Waals surface area (Å²) in [6.45, 7) is 13.5. The number of nitrogens with two attached hydrogens (primary N) is 1. The molecule has 0 bridgehead atoms. The molecule has 0 saturated heterocycles. The molecule has 3 N–H and O–H groups in total. The van der Waals surface area contributed by atoms with E-state index in [9.17, 15) is 0 Å². The molecular formula is C16H26N2. The smallest absolute Gasteiger partial charge is 0.0359 e. The van der Waals surface area contributed by atoms with Crippen molar-refractivity contribution in [3.63, 3.8) is 0 Å². The van der Waals surface area contributed by atoms with Crippen LogP contribution < -0.4 is 11.1 Å². The molecule has 100 valence electrons. The number of hydrogen-bond donors (Lipinski definition) is 2. The van der Waals surface area contributed by atoms with Gasteiger partial charge < -0.3 is 11.1 Å². The first-order valence-corrected chi connectivity index (χ1v) is 6.82. The first kappa shape index (κ1) is 13.4. The van der Waals surface area contributed by atoms with Crippen LogP contribution in [-0.4, -0.2) is 6.54 Å². The highest BCUT2D eigenvalue weighted by atomic mass is 14.9. The molecule has 1 aromatic rings. The van der Waals surface area contributed by atoms with E-state index in [1.807, 2.05) is 6.07 Å². The summed E-state index contributed by atoms with van der Waals surface area (Å²) in [4.78, 5) is 0. The summed E-state index contributed by atoms with van der Waals surface area (Å²) in [6.07, 6.45) is 0. The van der Waals surface area contributed by atoms with E-state index in [1.54, 1.807) is 0 Å². The molecule has 2 rings (SSSR count). The van der Waals surface area contributed by atoms with Crippen molar-refractivity contribution in [2.24, 2.45) is 16.7 Å². The van der Waals surface area contributed by atoms with Gasteiger partial charge >= 0.3 is 0 Å². The zero-order valence-corrected chi connectivity index (χ0v) is 12.3. The minimum atomic E-state index is 0.456. The van der Waals surface area contributed by atoms with Gasteiger partial charge in [0.2, 0.25) is 0 Å². The third-order valence-corrected chi connectivity index (χ3v) is 5.28. The topological polar surface area (TPSA) is 38.0 Å². The van der Waals surface area contributed by atoms with Gasteiger partial charge in [0, 0.05) is 12.2 Å². The van der Waals surface area contributed by atoms with Crippen molar-refractivity contribution < 1.29 is 0 Å². The summed E-state index contributed by atoms with van der Waals surface area (Å²) in [7, 11) is 0. The number of benzene rings is 1. The van der Waals surface area contributed by atoms with Gasteiger partial charge in [-0.2, -0.15) is 0 Å². The van der Waals surface area contributed by atoms with Crippen LogP contribution in [-0.2, 0) is 6.54 Å². The van der Waals surface area contributed by atoms with Crippen LogP contribution in [0.3, 0.4) is 0 Å². The van der Waals surface area contributed by atoms with Crippen LogP contribution in [0.5, 0.6) is 0 Å². The highest BCUT2D eigenvalue weighted by molar-refractivity contribution is 5.48. The number of hydrogen-bond acceptors (Lipinski definition) is 2. The van der Waals surface area contributed by atoms with Gasteiger partial charge in [0.25, 0.3) is 0 Å². The first-order chi connectivity index (χ1) is 8.26. The van der Waals surface area contributed by atoms with Crippen molar-refractivity contribution in [2.45, 2.75) is 41.2 Å². The predicted octanol–water partition coefficient (Wildman–Crippen LogP) is 3.35. The van der Waals surface area contributed by atoms with Gasteiger partial charge in [-0.05, 0) is 41.8 Å². The molecule has 0 radical (unpaired) electrons. The Balaban J connectivity index is 1.89. The highest BCUT2D eigenvalue weighted by Crippen LogP contribution is 2.67. The second-order valence-electron chi connectivity index (χ2n) is 6.83. The number of nitrogen functional groups attached to an aromatic ring is 1. The number of aryl methyl sites for hydroxylation is 1. The largest absolute Gasteiger partial charge is 0.398 e. The summed E-state index contributed by atoms with van der Waals surface area (Å²) in [5, 5.41) is 3.56. The molecule has 1 aliphatic carbocycles. The fraction of sp³-hybridized carbons (Fsp3) is 0.625. The van der Waals surface area contributed by atoms with Crippen LogP contribution >= 0.6 is 0 Å². The number of nitrogens with one attached hydrogen (secondary N) is 1. The van der Waals surface area contributed by atoms with Gasteiger partial charge in [0.1, 0.15) is 0 Å². The molecule has 0 spiro atoms. The van der Waals surface area contributed by atoms with Crippen LogP contribution in [0.25, 0.3) is 0 Å². The molecule has 0 unspecified atom stereocenters. The predicted molar refractivity (Wildman–Crippen MR) is 78.4 cm³/mol. The molecule has 0 atom stereocenters. The summed E-state index contributed by atoms with van der Waals surface area (Å²) >= 11 is 0. The van der Waals surface area contributed by atoms with E-state index in [0.29, 0.717) is 10.8 Å². The van der Waals surface area contributed by atoms with E-state index in [0.717, 1.165) is 24.7 Å². The van der Waals surface area contributed by atoms with Crippen molar-refractivity contribution >= 4 is 5.69 Å². The number of anilines is 1. The van der Waals surface area contributed by atoms with Gasteiger partial charge in [0.05, 0.1) is 0 Å². The molecule has 1 saturated carbocycles. The average molecular weight is 246 g/mol. The fourth-order valence-corrected chi connectivity index (χ4v) is 3.08. The van der Waals surface area contributed by atoms with Crippen LogP contribution in [0.15, 0.2) is 18.2 Å². The molecule has 1 aliphatic rings. The molecule has 1 aromatic carbocycles. The van der Waals surface area contributed by atoms with E-state index < -0.39 is 0 Å². The van der Waals surface area contributed by atoms with Gasteiger partial charge in [-0.3, -0.25) is 0 Å². The third-order valence-electron chi connectivity index (χ3n) is 5.28. The number of rotatable bonds is 4. The molecule has 18 heavy (non-hydrogen) atoms. The summed E-state index contributed by atoms with van der Waals surface area (Å²) < 4.78 is 0. The van der Waals surface area contributed by atoms with Crippen molar-refractivity contribution in [3.8, 4) is 0 Å². The minimum absolute atomic E-state index is 0.456. The molecule has 0 aliphatic heterocycles. The maximum Gasteiger partial charge on any atom is 0.0359 e. The standard InChI is InChI=1S/C16H26N2/c1-11-6-7-13(17)12(8-11)9-18-10-14-15(2,3)16(14,4)5/h6-8,14,18H,9-10,17H2,1-5H3. The molecule has 0 aromatic heterocycles. The van der Waals surface area contributed by atoms with Crippen molar-refractivity contribution in [1.29, 1.82) is 0 Å².